The van der Waals surface area contributed by atoms with Crippen LogP contribution in [-0.2, 0) is 0 Å². The maximum atomic E-state index is 12.6. The van der Waals surface area contributed by atoms with Gasteiger partial charge in [0.1, 0.15) is 0 Å². The van der Waals surface area contributed by atoms with E-state index in [1.807, 2.05) is 36.4 Å². The second kappa shape index (κ2) is 10.1. The Bertz CT molecular complexity index is 1270. The summed E-state index contributed by atoms with van der Waals surface area (Å²) in [5, 5.41) is 10.1. The van der Waals surface area contributed by atoms with Gasteiger partial charge in [0.25, 0.3) is 0 Å². The van der Waals surface area contributed by atoms with E-state index in [4.69, 9.17) is 5.73 Å². The summed E-state index contributed by atoms with van der Waals surface area (Å²) in [7, 11) is 0. The molecule has 0 saturated carbocycles. The van der Waals surface area contributed by atoms with E-state index >= 15 is 0 Å². The van der Waals surface area contributed by atoms with Crippen molar-refractivity contribution in [1.29, 1.82) is 0 Å². The van der Waals surface area contributed by atoms with Crippen LogP contribution in [0.4, 0.5) is 15.8 Å². The zero-order chi connectivity index (χ0) is 22.4. The van der Waals surface area contributed by atoms with Gasteiger partial charge in [-0.3, -0.25) is 10.1 Å². The van der Waals surface area contributed by atoms with Gasteiger partial charge in [-0.25, -0.2) is 9.97 Å². The van der Waals surface area contributed by atoms with Crippen LogP contribution in [0, 0.1) is 15.9 Å². The number of H-pyrrole nitrogens is 2. The van der Waals surface area contributed by atoms with Crippen LogP contribution in [0.25, 0.3) is 22.1 Å². The van der Waals surface area contributed by atoms with Crippen molar-refractivity contribution >= 4 is 65.3 Å². The van der Waals surface area contributed by atoms with Gasteiger partial charge in [0.15, 0.2) is 0 Å². The monoisotopic (exact) mass is 548 g/mol. The number of nitrogens with two attached hydrogens (primary N) is 1. The summed E-state index contributed by atoms with van der Waals surface area (Å²) in [6, 6.07) is 15.1. The van der Waals surface area contributed by atoms with Crippen LogP contribution in [0.15, 0.2) is 76.2 Å². The van der Waals surface area contributed by atoms with Crippen molar-refractivity contribution in [3.63, 3.8) is 0 Å². The van der Waals surface area contributed by atoms with Gasteiger partial charge in [-0.05, 0) is 48.5 Å². The number of nitro benzene ring substituents is 1. The third kappa shape index (κ3) is 6.09. The molecule has 0 aliphatic carbocycles. The van der Waals surface area contributed by atoms with Crippen molar-refractivity contribution in [2.45, 2.75) is 0 Å². The second-order valence-electron chi connectivity index (χ2n) is 6.10. The van der Waals surface area contributed by atoms with E-state index in [1.54, 1.807) is 12.7 Å². The average molecular weight is 550 g/mol. The lowest BCUT2D eigenvalue weighted by Crippen LogP contribution is -1.91. The fourth-order valence-corrected chi connectivity index (χ4v) is 3.20. The minimum atomic E-state index is -0.821. The van der Waals surface area contributed by atoms with Gasteiger partial charge in [0.05, 0.1) is 39.6 Å². The highest BCUT2D eigenvalue weighted by molar-refractivity contribution is 9.10. The molecule has 2 heterocycles. The molecule has 0 unspecified atom stereocenters. The number of rotatable bonds is 1. The van der Waals surface area contributed by atoms with Crippen molar-refractivity contribution in [1.82, 2.24) is 19.9 Å². The molecule has 8 nitrogen and oxygen atoms in total. The summed E-state index contributed by atoms with van der Waals surface area (Å²) < 4.78 is 14.1. The van der Waals surface area contributed by atoms with E-state index in [9.17, 15) is 14.5 Å². The van der Waals surface area contributed by atoms with Gasteiger partial charge in [0, 0.05) is 20.7 Å². The molecule has 11 heteroatoms. The first-order chi connectivity index (χ1) is 14.8. The van der Waals surface area contributed by atoms with Gasteiger partial charge < -0.3 is 15.7 Å². The highest BCUT2D eigenvalue weighted by Crippen LogP contribution is 2.21. The van der Waals surface area contributed by atoms with E-state index in [0.29, 0.717) is 4.47 Å². The highest BCUT2D eigenvalue weighted by Gasteiger charge is 2.12. The van der Waals surface area contributed by atoms with E-state index in [0.717, 1.165) is 44.4 Å². The molecule has 4 N–H and O–H groups in total. The van der Waals surface area contributed by atoms with Gasteiger partial charge in [-0.15, -0.1) is 0 Å². The largest absolute Gasteiger partial charge is 0.399 e. The Balaban J connectivity index is 0.000000132. The molecule has 158 valence electrons. The molecule has 0 fully saturated rings. The minimum Gasteiger partial charge on any atom is -0.399 e. The predicted octanol–water partition coefficient (Wildman–Crippen LogP) is 5.97. The number of halogens is 3. The molecule has 0 saturated heterocycles. The maximum Gasteiger partial charge on any atom is 0.305 e. The number of fused-ring (bicyclic) bond motifs is 2. The van der Waals surface area contributed by atoms with Crippen molar-refractivity contribution in [2.24, 2.45) is 0 Å². The summed E-state index contributed by atoms with van der Waals surface area (Å²) in [5.41, 5.74) is 9.79. The number of nitrogens with zero attached hydrogens (tertiary/aromatic N) is 3. The molecular weight excluding hydrogens is 535 g/mol. The molecule has 5 aromatic rings. The first kappa shape index (κ1) is 22.4. The lowest BCUT2D eigenvalue weighted by molar-refractivity contribution is -0.387. The van der Waals surface area contributed by atoms with Crippen LogP contribution >= 0.6 is 31.9 Å². The summed E-state index contributed by atoms with van der Waals surface area (Å²) in [4.78, 5) is 23.5. The Labute approximate surface area is 192 Å². The molecule has 2 aromatic heterocycles. The Hall–Kier alpha value is -3.31. The number of nitrogens with one attached hydrogen (secondary N) is 2. The molecule has 0 aliphatic heterocycles. The van der Waals surface area contributed by atoms with E-state index in [-0.39, 0.29) is 0 Å². The lowest BCUT2D eigenvalue weighted by atomic mass is 10.3. The average Bonchev–Trinajstić information content (AvgIpc) is 3.39. The van der Waals surface area contributed by atoms with Crippen LogP contribution in [0.1, 0.15) is 0 Å². The van der Waals surface area contributed by atoms with Crippen molar-refractivity contribution in [3.05, 3.63) is 92.1 Å². The zero-order valence-corrected chi connectivity index (χ0v) is 18.9. The van der Waals surface area contributed by atoms with Gasteiger partial charge >= 0.3 is 5.69 Å². The summed E-state index contributed by atoms with van der Waals surface area (Å²) in [6.07, 6.45) is 3.35. The number of hydrogen-bond acceptors (Lipinski definition) is 5. The van der Waals surface area contributed by atoms with Crippen molar-refractivity contribution in [2.75, 3.05) is 5.73 Å². The first-order valence-corrected chi connectivity index (χ1v) is 10.3. The van der Waals surface area contributed by atoms with E-state index in [1.165, 1.54) is 6.07 Å². The summed E-state index contributed by atoms with van der Waals surface area (Å²) in [5.74, 6) is -0.821. The molecule has 0 aliphatic rings. The van der Waals surface area contributed by atoms with E-state index < -0.39 is 16.4 Å². The molecule has 0 bridgehead atoms. The Morgan fingerprint density at radius 2 is 1.42 bits per heavy atom. The van der Waals surface area contributed by atoms with Crippen LogP contribution in [0.2, 0.25) is 0 Å². The van der Waals surface area contributed by atoms with Crippen LogP contribution < -0.4 is 5.73 Å². The topological polar surface area (TPSA) is 127 Å². The fourth-order valence-electron chi connectivity index (χ4n) is 2.49. The molecule has 0 spiro atoms. The Morgan fingerprint density at radius 1 is 0.871 bits per heavy atom. The second-order valence-corrected chi connectivity index (χ2v) is 7.93. The number of nitrogen functional groups attached to an aromatic ring is 1. The molecule has 31 heavy (non-hydrogen) atoms. The number of imidazole rings is 2. The van der Waals surface area contributed by atoms with Gasteiger partial charge in [-0.2, -0.15) is 4.39 Å². The zero-order valence-electron chi connectivity index (χ0n) is 15.7. The van der Waals surface area contributed by atoms with Gasteiger partial charge in [-0.1, -0.05) is 31.9 Å². The molecular formula is C20H15Br2FN6O2. The number of anilines is 1. The smallest absolute Gasteiger partial charge is 0.305 e. The van der Waals surface area contributed by atoms with Gasteiger partial charge in [0.2, 0.25) is 5.82 Å². The standard InChI is InChI=1S/C7H5BrN2.C7H7N3.C6H3BrFNO2/c2*8-5-1-2-6-7(3-5)10-4-9-6;7-4-1-2-5(8)6(3-4)9(10)11/h1-4H,(H,9,10);1-4H,8H2,(H,9,10);1-3H. The quantitative estimate of drug-likeness (QED) is 0.135. The number of aromatic amines is 2. The molecule has 0 atom stereocenters. The minimum absolute atomic E-state index is 0.491. The number of nitro groups is 1. The third-order valence-electron chi connectivity index (χ3n) is 3.93. The lowest BCUT2D eigenvalue weighted by Gasteiger charge is -1.92. The number of aromatic nitrogens is 4. The molecule has 3 aromatic carbocycles. The number of hydrogen-bond donors (Lipinski definition) is 3. The Kier molecular flexibility index (Phi) is 7.32. The summed E-state index contributed by atoms with van der Waals surface area (Å²) in [6.45, 7) is 0. The van der Waals surface area contributed by atoms with Crippen molar-refractivity contribution < 1.29 is 9.31 Å². The number of benzene rings is 3. The van der Waals surface area contributed by atoms with E-state index in [2.05, 4.69) is 51.8 Å². The molecule has 0 radical (unpaired) electrons. The van der Waals surface area contributed by atoms with Crippen molar-refractivity contribution in [3.8, 4) is 0 Å². The van der Waals surface area contributed by atoms with Crippen LogP contribution in [0.3, 0.4) is 0 Å². The third-order valence-corrected chi connectivity index (χ3v) is 4.92. The Morgan fingerprint density at radius 3 is 2.03 bits per heavy atom. The van der Waals surface area contributed by atoms with Crippen LogP contribution in [0.5, 0.6) is 0 Å². The normalized spacial score (nSPS) is 10.2. The molecule has 5 rings (SSSR count). The van der Waals surface area contributed by atoms with Crippen LogP contribution in [-0.4, -0.2) is 24.9 Å². The maximum absolute atomic E-state index is 12.6. The SMILES string of the molecule is Brc1ccc2nc[nH]c2c1.Nc1ccc2nc[nH]c2c1.O=[N+]([O-])c1cc(Br)ccc1F. The fraction of sp³-hybridized carbons (Fsp3) is 0. The summed E-state index contributed by atoms with van der Waals surface area (Å²) >= 11 is 6.36. The molecule has 0 amide bonds. The first-order valence-electron chi connectivity index (χ1n) is 8.70. The predicted molar refractivity (Wildman–Crippen MR) is 125 cm³/mol. The highest BCUT2D eigenvalue weighted by atomic mass is 79.9.